The second-order valence-corrected chi connectivity index (χ2v) is 3.82. The highest BCUT2D eigenvalue weighted by Gasteiger charge is 2.41. The minimum Gasteiger partial charge on any atom is -0.466 e. The van der Waals surface area contributed by atoms with Crippen LogP contribution >= 0.6 is 22.6 Å². The van der Waals surface area contributed by atoms with Gasteiger partial charge in [-0.2, -0.15) is 0 Å². The molecule has 12 heavy (non-hydrogen) atoms. The summed E-state index contributed by atoms with van der Waals surface area (Å²) < 4.78 is 5.88. The Balaban J connectivity index is 2.59. The number of hydrogen-bond donors (Lipinski definition) is 1. The van der Waals surface area contributed by atoms with E-state index in [0.29, 0.717) is 6.61 Å². The molecule has 0 aromatic heterocycles. The predicted octanol–water partition coefficient (Wildman–Crippen LogP) is 0.964. The smallest absolute Gasteiger partial charge is 0.314 e. The SMILES string of the molecule is CCOC(=O)C1(CI)CCNC1. The molecule has 4 heteroatoms. The topological polar surface area (TPSA) is 38.3 Å². The van der Waals surface area contributed by atoms with E-state index < -0.39 is 0 Å². The maximum atomic E-state index is 11.5. The van der Waals surface area contributed by atoms with Crippen LogP contribution in [-0.2, 0) is 9.53 Å². The van der Waals surface area contributed by atoms with Gasteiger partial charge in [0.2, 0.25) is 0 Å². The van der Waals surface area contributed by atoms with Gasteiger partial charge in [0.1, 0.15) is 0 Å². The largest absolute Gasteiger partial charge is 0.466 e. The van der Waals surface area contributed by atoms with Crippen molar-refractivity contribution in [1.29, 1.82) is 0 Å². The summed E-state index contributed by atoms with van der Waals surface area (Å²) in [4.78, 5) is 11.5. The molecule has 70 valence electrons. The first-order valence-corrected chi connectivity index (χ1v) is 5.71. The molecule has 1 aliphatic rings. The number of halogens is 1. The highest BCUT2D eigenvalue weighted by Crippen LogP contribution is 2.29. The van der Waals surface area contributed by atoms with Crippen molar-refractivity contribution in [2.75, 3.05) is 24.1 Å². The van der Waals surface area contributed by atoms with Crippen LogP contribution in [0.5, 0.6) is 0 Å². The standard InChI is InChI=1S/C8H14INO2/c1-2-12-7(11)8(5-9)3-4-10-6-8/h10H,2-6H2,1H3. The van der Waals surface area contributed by atoms with Gasteiger partial charge in [0.25, 0.3) is 0 Å². The normalized spacial score (nSPS) is 28.8. The number of hydrogen-bond acceptors (Lipinski definition) is 3. The van der Waals surface area contributed by atoms with Crippen LogP contribution in [-0.4, -0.2) is 30.1 Å². The Kier molecular flexibility index (Phi) is 3.77. The first-order valence-electron chi connectivity index (χ1n) is 4.19. The zero-order valence-electron chi connectivity index (χ0n) is 7.23. The fourth-order valence-corrected chi connectivity index (χ4v) is 2.33. The van der Waals surface area contributed by atoms with Crippen LogP contribution in [0, 0.1) is 5.41 Å². The highest BCUT2D eigenvalue weighted by atomic mass is 127. The zero-order chi connectivity index (χ0) is 9.03. The van der Waals surface area contributed by atoms with E-state index in [0.717, 1.165) is 23.9 Å². The zero-order valence-corrected chi connectivity index (χ0v) is 9.39. The number of carbonyl (C=O) groups is 1. The lowest BCUT2D eigenvalue weighted by molar-refractivity contribution is -0.152. The average Bonchev–Trinajstić information content (AvgIpc) is 2.54. The van der Waals surface area contributed by atoms with Crippen molar-refractivity contribution in [2.24, 2.45) is 5.41 Å². The third kappa shape index (κ3) is 1.90. The van der Waals surface area contributed by atoms with Gasteiger partial charge in [-0.15, -0.1) is 0 Å². The number of esters is 1. The van der Waals surface area contributed by atoms with Crippen LogP contribution in [0.2, 0.25) is 0 Å². The molecule has 1 rings (SSSR count). The van der Waals surface area contributed by atoms with Gasteiger partial charge in [0.15, 0.2) is 0 Å². The van der Waals surface area contributed by atoms with E-state index >= 15 is 0 Å². The van der Waals surface area contributed by atoms with Crippen molar-refractivity contribution in [3.05, 3.63) is 0 Å². The number of ether oxygens (including phenoxy) is 1. The molecule has 1 atom stereocenters. The van der Waals surface area contributed by atoms with Crippen LogP contribution in [0.1, 0.15) is 13.3 Å². The molecular weight excluding hydrogens is 269 g/mol. The average molecular weight is 283 g/mol. The van der Waals surface area contributed by atoms with Crippen molar-refractivity contribution in [3.8, 4) is 0 Å². The van der Waals surface area contributed by atoms with E-state index in [1.165, 1.54) is 0 Å². The van der Waals surface area contributed by atoms with Crippen molar-refractivity contribution in [1.82, 2.24) is 5.32 Å². The first-order chi connectivity index (χ1) is 5.75. The van der Waals surface area contributed by atoms with E-state index in [2.05, 4.69) is 27.9 Å². The van der Waals surface area contributed by atoms with Crippen LogP contribution in [0.4, 0.5) is 0 Å². The lowest BCUT2D eigenvalue weighted by Gasteiger charge is -2.22. The second-order valence-electron chi connectivity index (χ2n) is 3.06. The van der Waals surface area contributed by atoms with Gasteiger partial charge in [-0.3, -0.25) is 4.79 Å². The summed E-state index contributed by atoms with van der Waals surface area (Å²) in [6.07, 6.45) is 0.911. The van der Waals surface area contributed by atoms with Crippen molar-refractivity contribution >= 4 is 28.6 Å². The summed E-state index contributed by atoms with van der Waals surface area (Å²) in [5.41, 5.74) is -0.240. The molecule has 0 aromatic carbocycles. The number of rotatable bonds is 3. The molecule has 0 spiro atoms. The van der Waals surface area contributed by atoms with Crippen LogP contribution in [0.15, 0.2) is 0 Å². The lowest BCUT2D eigenvalue weighted by atomic mass is 9.90. The Morgan fingerprint density at radius 1 is 1.75 bits per heavy atom. The van der Waals surface area contributed by atoms with E-state index in [9.17, 15) is 4.79 Å². The molecule has 1 heterocycles. The Morgan fingerprint density at radius 3 is 2.92 bits per heavy atom. The molecule has 1 N–H and O–H groups in total. The molecule has 0 aromatic rings. The summed E-state index contributed by atoms with van der Waals surface area (Å²) in [5, 5.41) is 3.20. The molecule has 0 aliphatic carbocycles. The molecule has 1 aliphatic heterocycles. The Morgan fingerprint density at radius 2 is 2.50 bits per heavy atom. The second kappa shape index (κ2) is 4.41. The monoisotopic (exact) mass is 283 g/mol. The molecule has 3 nitrogen and oxygen atoms in total. The molecule has 1 fully saturated rings. The number of alkyl halides is 1. The van der Waals surface area contributed by atoms with E-state index in [4.69, 9.17) is 4.74 Å². The van der Waals surface area contributed by atoms with Gasteiger partial charge < -0.3 is 10.1 Å². The minimum absolute atomic E-state index is 0.0376. The van der Waals surface area contributed by atoms with Crippen LogP contribution in [0.3, 0.4) is 0 Å². The maximum Gasteiger partial charge on any atom is 0.314 e. The summed E-state index contributed by atoms with van der Waals surface area (Å²) in [6, 6.07) is 0. The molecule has 0 amide bonds. The van der Waals surface area contributed by atoms with Gasteiger partial charge >= 0.3 is 5.97 Å². The molecular formula is C8H14INO2. The van der Waals surface area contributed by atoms with Gasteiger partial charge in [-0.25, -0.2) is 0 Å². The molecule has 1 unspecified atom stereocenters. The fraction of sp³-hybridized carbons (Fsp3) is 0.875. The molecule has 0 saturated carbocycles. The summed E-state index contributed by atoms with van der Waals surface area (Å²) in [7, 11) is 0. The molecule has 0 radical (unpaired) electrons. The number of carbonyl (C=O) groups excluding carboxylic acids is 1. The molecule has 1 saturated heterocycles. The Bertz CT molecular complexity index is 166. The van der Waals surface area contributed by atoms with E-state index in [-0.39, 0.29) is 11.4 Å². The summed E-state index contributed by atoms with van der Waals surface area (Å²) in [5.74, 6) is -0.0376. The van der Waals surface area contributed by atoms with Crippen molar-refractivity contribution < 1.29 is 9.53 Å². The van der Waals surface area contributed by atoms with Crippen molar-refractivity contribution in [3.63, 3.8) is 0 Å². The first kappa shape index (κ1) is 10.2. The minimum atomic E-state index is -0.240. The van der Waals surface area contributed by atoms with Gasteiger partial charge in [0, 0.05) is 11.0 Å². The Labute approximate surface area is 86.4 Å². The van der Waals surface area contributed by atoms with Crippen LogP contribution < -0.4 is 5.32 Å². The number of nitrogens with one attached hydrogen (secondary N) is 1. The third-order valence-electron chi connectivity index (χ3n) is 2.21. The summed E-state index contributed by atoms with van der Waals surface area (Å²) >= 11 is 2.26. The predicted molar refractivity (Wildman–Crippen MR) is 55.4 cm³/mol. The van der Waals surface area contributed by atoms with E-state index in [1.807, 2.05) is 6.92 Å². The van der Waals surface area contributed by atoms with E-state index in [1.54, 1.807) is 0 Å². The third-order valence-corrected chi connectivity index (χ3v) is 3.67. The van der Waals surface area contributed by atoms with Crippen molar-refractivity contribution in [2.45, 2.75) is 13.3 Å². The maximum absolute atomic E-state index is 11.5. The lowest BCUT2D eigenvalue weighted by Crippen LogP contribution is -2.36. The van der Waals surface area contributed by atoms with Gasteiger partial charge in [-0.1, -0.05) is 22.6 Å². The fourth-order valence-electron chi connectivity index (χ4n) is 1.37. The van der Waals surface area contributed by atoms with Gasteiger partial charge in [0.05, 0.1) is 12.0 Å². The van der Waals surface area contributed by atoms with Crippen LogP contribution in [0.25, 0.3) is 0 Å². The van der Waals surface area contributed by atoms with Gasteiger partial charge in [-0.05, 0) is 19.9 Å². The summed E-state index contributed by atoms with van der Waals surface area (Å²) in [6.45, 7) is 4.04. The quantitative estimate of drug-likeness (QED) is 0.476. The Hall–Kier alpha value is 0.160. The highest BCUT2D eigenvalue weighted by molar-refractivity contribution is 14.1. The molecule has 0 bridgehead atoms.